The number of hydrogen-bond donors (Lipinski definition) is 1. The third-order valence-corrected chi connectivity index (χ3v) is 6.98. The van der Waals surface area contributed by atoms with Gasteiger partial charge in [-0.2, -0.15) is 5.10 Å². The fraction of sp³-hybridized carbons (Fsp3) is 0.200. The van der Waals surface area contributed by atoms with Crippen LogP contribution in [0.4, 0.5) is 11.8 Å². The molecule has 0 saturated carbocycles. The van der Waals surface area contributed by atoms with E-state index in [1.807, 2.05) is 76.8 Å². The van der Waals surface area contributed by atoms with Crippen LogP contribution in [0, 0.1) is 13.8 Å². The molecule has 0 spiro atoms. The van der Waals surface area contributed by atoms with Crippen molar-refractivity contribution >= 4 is 46.2 Å². The lowest BCUT2D eigenvalue weighted by Gasteiger charge is -2.10. The highest BCUT2D eigenvalue weighted by molar-refractivity contribution is 7.98. The molecule has 0 amide bonds. The number of anilines is 2. The average molecular weight is 490 g/mol. The van der Waals surface area contributed by atoms with Crippen LogP contribution in [0.25, 0.3) is 16.7 Å². The summed E-state index contributed by atoms with van der Waals surface area (Å²) in [6.45, 7) is 6.89. The molecule has 7 nitrogen and oxygen atoms in total. The lowest BCUT2D eigenvalue weighted by atomic mass is 10.1. The molecule has 9 heteroatoms. The molecule has 0 saturated heterocycles. The number of aromatic nitrogens is 6. The van der Waals surface area contributed by atoms with Crippen LogP contribution in [0.3, 0.4) is 0 Å². The van der Waals surface area contributed by atoms with Crippen LogP contribution in [0.5, 0.6) is 0 Å². The summed E-state index contributed by atoms with van der Waals surface area (Å²) in [6, 6.07) is 19.9. The number of para-hydroxylation sites is 1. The van der Waals surface area contributed by atoms with Crippen molar-refractivity contribution in [1.29, 1.82) is 0 Å². The van der Waals surface area contributed by atoms with Gasteiger partial charge in [-0.3, -0.25) is 4.57 Å². The van der Waals surface area contributed by atoms with Crippen molar-refractivity contribution in [2.24, 2.45) is 0 Å². The van der Waals surface area contributed by atoms with E-state index in [0.717, 1.165) is 56.0 Å². The first-order valence-corrected chi connectivity index (χ1v) is 12.4. The van der Waals surface area contributed by atoms with Gasteiger partial charge in [-0.1, -0.05) is 59.8 Å². The SMILES string of the molecule is CCn1c(Nc2cc(C)c3c(C)nn(-c4ccccc4)c3n2)nnc1SCc1ccccc1Cl. The number of thioether (sulfide) groups is 1. The first-order chi connectivity index (χ1) is 16.5. The maximum Gasteiger partial charge on any atom is 0.230 e. The van der Waals surface area contributed by atoms with E-state index >= 15 is 0 Å². The van der Waals surface area contributed by atoms with Gasteiger partial charge in [0, 0.05) is 22.7 Å². The fourth-order valence-electron chi connectivity index (χ4n) is 3.96. The number of halogens is 1. The number of nitrogens with one attached hydrogen (secondary N) is 1. The second-order valence-electron chi connectivity index (χ2n) is 7.91. The Morgan fingerprint density at radius 1 is 1.00 bits per heavy atom. The Bertz CT molecular complexity index is 1460. The minimum Gasteiger partial charge on any atom is -0.309 e. The van der Waals surface area contributed by atoms with E-state index in [1.165, 1.54) is 0 Å². The maximum absolute atomic E-state index is 6.31. The highest BCUT2D eigenvalue weighted by atomic mass is 35.5. The van der Waals surface area contributed by atoms with Crippen molar-refractivity contribution in [3.8, 4) is 5.69 Å². The fourth-order valence-corrected chi connectivity index (χ4v) is 5.25. The lowest BCUT2D eigenvalue weighted by Crippen LogP contribution is -2.06. The highest BCUT2D eigenvalue weighted by Crippen LogP contribution is 2.29. The Kier molecular flexibility index (Phi) is 6.26. The monoisotopic (exact) mass is 489 g/mol. The summed E-state index contributed by atoms with van der Waals surface area (Å²) in [7, 11) is 0. The Hall–Kier alpha value is -3.36. The van der Waals surface area contributed by atoms with E-state index in [2.05, 4.69) is 29.4 Å². The second-order valence-corrected chi connectivity index (χ2v) is 9.26. The third-order valence-electron chi connectivity index (χ3n) is 5.60. The van der Waals surface area contributed by atoms with Gasteiger partial charge in [0.1, 0.15) is 5.82 Å². The second kappa shape index (κ2) is 9.48. The van der Waals surface area contributed by atoms with Crippen LogP contribution in [-0.2, 0) is 12.3 Å². The van der Waals surface area contributed by atoms with Gasteiger partial charge in [-0.15, -0.1) is 10.2 Å². The summed E-state index contributed by atoms with van der Waals surface area (Å²) in [4.78, 5) is 4.90. The predicted octanol–water partition coefficient (Wildman–Crippen LogP) is 6.34. The molecular formula is C25H24ClN7S. The zero-order chi connectivity index (χ0) is 23.7. The van der Waals surface area contributed by atoms with Crippen LogP contribution >= 0.6 is 23.4 Å². The standard InChI is InChI=1S/C25H24ClN7S/c1-4-32-24(29-30-25(32)34-15-18-10-8-9-13-20(18)26)28-21-14-16(2)22-17(3)31-33(23(22)27-21)19-11-6-5-7-12-19/h5-14H,4,15H2,1-3H3,(H,27,28,29). The van der Waals surface area contributed by atoms with Crippen molar-refractivity contribution in [2.75, 3.05) is 5.32 Å². The minimum atomic E-state index is 0.651. The van der Waals surface area contributed by atoms with Gasteiger partial charge in [0.25, 0.3) is 0 Å². The number of fused-ring (bicyclic) bond motifs is 1. The van der Waals surface area contributed by atoms with Crippen LogP contribution in [0.2, 0.25) is 5.02 Å². The smallest absolute Gasteiger partial charge is 0.230 e. The van der Waals surface area contributed by atoms with Gasteiger partial charge in [0.15, 0.2) is 10.8 Å². The lowest BCUT2D eigenvalue weighted by molar-refractivity contribution is 0.688. The number of nitrogens with zero attached hydrogens (tertiary/aromatic N) is 6. The topological polar surface area (TPSA) is 73.5 Å². The number of hydrogen-bond acceptors (Lipinski definition) is 6. The molecule has 0 unspecified atom stereocenters. The van der Waals surface area contributed by atoms with Crippen molar-refractivity contribution in [2.45, 2.75) is 38.2 Å². The molecule has 0 radical (unpaired) electrons. The molecule has 5 rings (SSSR count). The van der Waals surface area contributed by atoms with Gasteiger partial charge < -0.3 is 5.32 Å². The summed E-state index contributed by atoms with van der Waals surface area (Å²) in [5.74, 6) is 2.07. The van der Waals surface area contributed by atoms with Gasteiger partial charge >= 0.3 is 0 Å². The minimum absolute atomic E-state index is 0.651. The molecule has 0 aliphatic rings. The number of aryl methyl sites for hydroxylation is 2. The van der Waals surface area contributed by atoms with E-state index in [9.17, 15) is 0 Å². The van der Waals surface area contributed by atoms with Crippen LogP contribution in [0.1, 0.15) is 23.7 Å². The number of pyridine rings is 1. The molecule has 0 aliphatic carbocycles. The van der Waals surface area contributed by atoms with Gasteiger partial charge in [-0.05, 0) is 56.2 Å². The molecule has 34 heavy (non-hydrogen) atoms. The van der Waals surface area contributed by atoms with Crippen LogP contribution in [-0.4, -0.2) is 29.5 Å². The van der Waals surface area contributed by atoms with E-state index in [-0.39, 0.29) is 0 Å². The van der Waals surface area contributed by atoms with Crippen molar-refractivity contribution in [3.63, 3.8) is 0 Å². The molecule has 3 heterocycles. The van der Waals surface area contributed by atoms with Crippen LogP contribution in [0.15, 0.2) is 65.8 Å². The molecule has 2 aromatic carbocycles. The maximum atomic E-state index is 6.31. The Morgan fingerprint density at radius 3 is 2.53 bits per heavy atom. The zero-order valence-corrected chi connectivity index (χ0v) is 20.7. The summed E-state index contributed by atoms with van der Waals surface area (Å²) in [5, 5.41) is 19.6. The Labute approximate surface area is 207 Å². The first kappa shape index (κ1) is 22.4. The number of rotatable bonds is 7. The Morgan fingerprint density at radius 2 is 1.76 bits per heavy atom. The largest absolute Gasteiger partial charge is 0.309 e. The van der Waals surface area contributed by atoms with Gasteiger partial charge in [0.05, 0.1) is 11.4 Å². The molecule has 0 bridgehead atoms. The van der Waals surface area contributed by atoms with Crippen LogP contribution < -0.4 is 5.32 Å². The van der Waals surface area contributed by atoms with E-state index in [1.54, 1.807) is 11.8 Å². The molecule has 3 aromatic heterocycles. The molecule has 0 atom stereocenters. The van der Waals surface area contributed by atoms with E-state index in [0.29, 0.717) is 11.8 Å². The molecule has 5 aromatic rings. The van der Waals surface area contributed by atoms with Crippen molar-refractivity contribution in [1.82, 2.24) is 29.5 Å². The summed E-state index contributed by atoms with van der Waals surface area (Å²) in [5.41, 5.74) is 4.90. The van der Waals surface area contributed by atoms with E-state index < -0.39 is 0 Å². The molecule has 172 valence electrons. The number of benzene rings is 2. The predicted molar refractivity (Wildman–Crippen MR) is 138 cm³/mol. The summed E-state index contributed by atoms with van der Waals surface area (Å²) in [6.07, 6.45) is 0. The molecular weight excluding hydrogens is 466 g/mol. The highest BCUT2D eigenvalue weighted by Gasteiger charge is 2.17. The summed E-state index contributed by atoms with van der Waals surface area (Å²) < 4.78 is 3.93. The van der Waals surface area contributed by atoms with Gasteiger partial charge in [0.2, 0.25) is 5.95 Å². The molecule has 0 aliphatic heterocycles. The third kappa shape index (κ3) is 4.26. The normalized spacial score (nSPS) is 11.3. The zero-order valence-electron chi connectivity index (χ0n) is 19.2. The summed E-state index contributed by atoms with van der Waals surface area (Å²) >= 11 is 7.92. The van der Waals surface area contributed by atoms with Gasteiger partial charge in [-0.25, -0.2) is 9.67 Å². The quantitative estimate of drug-likeness (QED) is 0.269. The van der Waals surface area contributed by atoms with Crippen molar-refractivity contribution in [3.05, 3.63) is 82.5 Å². The van der Waals surface area contributed by atoms with E-state index in [4.69, 9.17) is 21.7 Å². The molecule has 1 N–H and O–H groups in total. The van der Waals surface area contributed by atoms with Crippen molar-refractivity contribution < 1.29 is 0 Å². The molecule has 0 fully saturated rings. The first-order valence-electron chi connectivity index (χ1n) is 11.0. The average Bonchev–Trinajstić information content (AvgIpc) is 3.39. The Balaban J connectivity index is 1.46.